The van der Waals surface area contributed by atoms with Crippen molar-refractivity contribution in [1.29, 1.82) is 0 Å². The number of hydrogen-bond donors (Lipinski definition) is 0. The van der Waals surface area contributed by atoms with Gasteiger partial charge in [-0.1, -0.05) is 23.2 Å². The van der Waals surface area contributed by atoms with Crippen molar-refractivity contribution in [3.05, 3.63) is 40.6 Å². The van der Waals surface area contributed by atoms with Gasteiger partial charge < -0.3 is 4.74 Å². The van der Waals surface area contributed by atoms with E-state index in [9.17, 15) is 0 Å². The predicted molar refractivity (Wildman–Crippen MR) is 64.0 cm³/mol. The van der Waals surface area contributed by atoms with Gasteiger partial charge in [0.1, 0.15) is 10.9 Å². The van der Waals surface area contributed by atoms with Crippen molar-refractivity contribution >= 4 is 23.2 Å². The first-order chi connectivity index (χ1) is 7.70. The number of methoxy groups -OCH3 is 1. The number of ether oxygens (including phenoxy) is 1. The summed E-state index contributed by atoms with van der Waals surface area (Å²) in [6.45, 7) is 0. The Kier molecular flexibility index (Phi) is 3.27. The van der Waals surface area contributed by atoms with Crippen LogP contribution in [0.2, 0.25) is 10.2 Å². The van der Waals surface area contributed by atoms with Gasteiger partial charge in [-0.3, -0.25) is 0 Å². The van der Waals surface area contributed by atoms with Crippen molar-refractivity contribution in [3.63, 3.8) is 0 Å². The quantitative estimate of drug-likeness (QED) is 0.771. The maximum Gasteiger partial charge on any atom is 0.160 e. The summed E-state index contributed by atoms with van der Waals surface area (Å²) in [5.41, 5.74) is 0.799. The van der Waals surface area contributed by atoms with Crippen molar-refractivity contribution in [3.8, 4) is 17.1 Å². The van der Waals surface area contributed by atoms with Gasteiger partial charge in [0.15, 0.2) is 5.82 Å². The van der Waals surface area contributed by atoms with Gasteiger partial charge in [0, 0.05) is 11.8 Å². The van der Waals surface area contributed by atoms with E-state index in [0.717, 1.165) is 5.56 Å². The minimum absolute atomic E-state index is 0.400. The molecule has 1 aromatic carbocycles. The Morgan fingerprint density at radius 2 is 2.00 bits per heavy atom. The van der Waals surface area contributed by atoms with Gasteiger partial charge >= 0.3 is 0 Å². The third kappa shape index (κ3) is 2.26. The lowest BCUT2D eigenvalue weighted by molar-refractivity contribution is 0.415. The number of rotatable bonds is 2. The molecular weight excluding hydrogens is 247 g/mol. The molecule has 1 heterocycles. The summed E-state index contributed by atoms with van der Waals surface area (Å²) in [5, 5.41) is 0.917. The summed E-state index contributed by atoms with van der Waals surface area (Å²) in [7, 11) is 1.57. The van der Waals surface area contributed by atoms with Crippen LogP contribution >= 0.6 is 23.2 Å². The van der Waals surface area contributed by atoms with E-state index in [-0.39, 0.29) is 0 Å². The second kappa shape index (κ2) is 4.68. The summed E-state index contributed by atoms with van der Waals surface area (Å²) in [6, 6.07) is 6.96. The summed E-state index contributed by atoms with van der Waals surface area (Å²) in [6.07, 6.45) is 1.60. The topological polar surface area (TPSA) is 35.0 Å². The lowest BCUT2D eigenvalue weighted by atomic mass is 10.2. The molecular formula is C11H8Cl2N2O. The molecule has 3 nitrogen and oxygen atoms in total. The molecule has 2 aromatic rings. The lowest BCUT2D eigenvalue weighted by Gasteiger charge is -2.05. The van der Waals surface area contributed by atoms with Gasteiger partial charge in [0.2, 0.25) is 0 Å². The molecule has 0 amide bonds. The third-order valence-corrected chi connectivity index (χ3v) is 2.54. The zero-order valence-corrected chi connectivity index (χ0v) is 9.96. The molecule has 1 aromatic heterocycles. The minimum atomic E-state index is 0.400. The number of nitrogens with zero attached hydrogens (tertiary/aromatic N) is 2. The fraction of sp³-hybridized carbons (Fsp3) is 0.0909. The molecule has 0 aliphatic carbocycles. The van der Waals surface area contributed by atoms with Gasteiger partial charge in [-0.15, -0.1) is 0 Å². The zero-order valence-electron chi connectivity index (χ0n) is 8.45. The number of benzene rings is 1. The van der Waals surface area contributed by atoms with Crippen molar-refractivity contribution < 1.29 is 4.74 Å². The highest BCUT2D eigenvalue weighted by atomic mass is 35.5. The SMILES string of the molecule is COc1ccc(-c2nccc(Cl)n2)cc1Cl. The average molecular weight is 255 g/mol. The van der Waals surface area contributed by atoms with Crippen LogP contribution in [0.1, 0.15) is 0 Å². The summed E-state index contributed by atoms with van der Waals surface area (Å²) >= 11 is 11.8. The standard InChI is InChI=1S/C11H8Cl2N2O/c1-16-9-3-2-7(6-8(9)12)11-14-5-4-10(13)15-11/h2-6H,1H3. The van der Waals surface area contributed by atoms with E-state index in [1.54, 1.807) is 31.5 Å². The van der Waals surface area contributed by atoms with Gasteiger partial charge in [0.05, 0.1) is 12.1 Å². The molecule has 0 aliphatic heterocycles. The second-order valence-electron chi connectivity index (χ2n) is 3.05. The minimum Gasteiger partial charge on any atom is -0.495 e. The Hall–Kier alpha value is -1.32. The van der Waals surface area contributed by atoms with E-state index in [4.69, 9.17) is 27.9 Å². The Bertz CT molecular complexity index is 517. The smallest absolute Gasteiger partial charge is 0.160 e. The van der Waals surface area contributed by atoms with Crippen LogP contribution in [-0.2, 0) is 0 Å². The lowest BCUT2D eigenvalue weighted by Crippen LogP contribution is -1.90. The molecule has 2 rings (SSSR count). The van der Waals surface area contributed by atoms with Crippen molar-refractivity contribution in [1.82, 2.24) is 9.97 Å². The molecule has 0 fully saturated rings. The number of halogens is 2. The van der Waals surface area contributed by atoms with Crippen molar-refractivity contribution in [2.45, 2.75) is 0 Å². The van der Waals surface area contributed by atoms with E-state index in [2.05, 4.69) is 9.97 Å². The fourth-order valence-corrected chi connectivity index (χ4v) is 1.68. The van der Waals surface area contributed by atoms with Crippen LogP contribution in [0.25, 0.3) is 11.4 Å². The summed E-state index contributed by atoms with van der Waals surface area (Å²) in [5.74, 6) is 1.16. The Balaban J connectivity index is 2.45. The Labute approximate surface area is 103 Å². The molecule has 0 radical (unpaired) electrons. The van der Waals surface area contributed by atoms with Crippen molar-refractivity contribution in [2.75, 3.05) is 7.11 Å². The maximum absolute atomic E-state index is 6.01. The highest BCUT2D eigenvalue weighted by molar-refractivity contribution is 6.32. The van der Waals surface area contributed by atoms with E-state index >= 15 is 0 Å². The molecule has 0 saturated carbocycles. The second-order valence-corrected chi connectivity index (χ2v) is 3.85. The van der Waals surface area contributed by atoms with Gasteiger partial charge in [-0.05, 0) is 24.3 Å². The molecule has 0 N–H and O–H groups in total. The van der Waals surface area contributed by atoms with Crippen LogP contribution in [0.5, 0.6) is 5.75 Å². The summed E-state index contributed by atoms with van der Waals surface area (Å²) in [4.78, 5) is 8.21. The Morgan fingerprint density at radius 1 is 1.19 bits per heavy atom. The first-order valence-corrected chi connectivity index (χ1v) is 5.29. The molecule has 82 valence electrons. The summed E-state index contributed by atoms with van der Waals surface area (Å²) < 4.78 is 5.06. The van der Waals surface area contributed by atoms with E-state index in [1.165, 1.54) is 0 Å². The molecule has 0 bridgehead atoms. The van der Waals surface area contributed by atoms with E-state index in [1.807, 2.05) is 6.07 Å². The molecule has 0 aliphatic rings. The van der Waals surface area contributed by atoms with Crippen LogP contribution in [0.15, 0.2) is 30.5 Å². The number of hydrogen-bond acceptors (Lipinski definition) is 3. The zero-order chi connectivity index (χ0) is 11.5. The van der Waals surface area contributed by atoms with Crippen LogP contribution in [-0.4, -0.2) is 17.1 Å². The monoisotopic (exact) mass is 254 g/mol. The first kappa shape index (κ1) is 11.2. The van der Waals surface area contributed by atoms with Gasteiger partial charge in [-0.2, -0.15) is 0 Å². The highest BCUT2D eigenvalue weighted by Crippen LogP contribution is 2.28. The maximum atomic E-state index is 6.01. The predicted octanol–water partition coefficient (Wildman–Crippen LogP) is 3.46. The fourth-order valence-electron chi connectivity index (χ4n) is 1.28. The Morgan fingerprint density at radius 3 is 2.62 bits per heavy atom. The average Bonchev–Trinajstić information content (AvgIpc) is 2.29. The van der Waals surface area contributed by atoms with E-state index in [0.29, 0.717) is 21.7 Å². The van der Waals surface area contributed by atoms with Gasteiger partial charge in [-0.25, -0.2) is 9.97 Å². The molecule has 0 atom stereocenters. The molecule has 0 spiro atoms. The third-order valence-electron chi connectivity index (χ3n) is 2.03. The van der Waals surface area contributed by atoms with Crippen LogP contribution in [0, 0.1) is 0 Å². The van der Waals surface area contributed by atoms with Crippen molar-refractivity contribution in [2.24, 2.45) is 0 Å². The molecule has 0 saturated heterocycles. The van der Waals surface area contributed by atoms with E-state index < -0.39 is 0 Å². The normalized spacial score (nSPS) is 10.2. The van der Waals surface area contributed by atoms with Gasteiger partial charge in [0.25, 0.3) is 0 Å². The molecule has 0 unspecified atom stereocenters. The largest absolute Gasteiger partial charge is 0.495 e. The highest BCUT2D eigenvalue weighted by Gasteiger charge is 2.06. The molecule has 5 heteroatoms. The van der Waals surface area contributed by atoms with Crippen LogP contribution in [0.4, 0.5) is 0 Å². The van der Waals surface area contributed by atoms with Crippen LogP contribution < -0.4 is 4.74 Å². The van der Waals surface area contributed by atoms with Crippen LogP contribution in [0.3, 0.4) is 0 Å². The molecule has 16 heavy (non-hydrogen) atoms. The number of aromatic nitrogens is 2. The first-order valence-electron chi connectivity index (χ1n) is 4.53.